The minimum Gasteiger partial charge on any atom is -0.317 e. The molecule has 0 saturated carbocycles. The predicted octanol–water partition coefficient (Wildman–Crippen LogP) is 2.03. The Kier molecular flexibility index (Phi) is 3.47. The summed E-state index contributed by atoms with van der Waals surface area (Å²) in [6.07, 6.45) is 7.46. The van der Waals surface area contributed by atoms with E-state index in [1.165, 1.54) is 38.8 Å². The van der Waals surface area contributed by atoms with Crippen molar-refractivity contribution in [2.75, 3.05) is 26.2 Å². The molecule has 2 fully saturated rings. The maximum absolute atomic E-state index is 4.09. The minimum atomic E-state index is 0.305. The molecule has 2 aliphatic heterocycles. The van der Waals surface area contributed by atoms with Crippen LogP contribution in [0.1, 0.15) is 32.6 Å². The zero-order valence-electron chi connectivity index (χ0n) is 9.97. The van der Waals surface area contributed by atoms with Crippen LogP contribution < -0.4 is 5.32 Å². The van der Waals surface area contributed by atoms with Crippen LogP contribution in [0.4, 0.5) is 0 Å². The Balaban J connectivity index is 2.06. The molecule has 2 heterocycles. The zero-order valence-corrected chi connectivity index (χ0v) is 9.97. The maximum atomic E-state index is 4.09. The lowest BCUT2D eigenvalue weighted by molar-refractivity contribution is 0.0568. The Bertz CT molecular complexity index is 219. The summed E-state index contributed by atoms with van der Waals surface area (Å²) in [6.45, 7) is 11.3. The fourth-order valence-electron chi connectivity index (χ4n) is 3.10. The second-order valence-corrected chi connectivity index (χ2v) is 5.25. The van der Waals surface area contributed by atoms with Crippen LogP contribution in [0.15, 0.2) is 12.7 Å². The summed E-state index contributed by atoms with van der Waals surface area (Å²) >= 11 is 0. The van der Waals surface area contributed by atoms with Crippen molar-refractivity contribution in [2.24, 2.45) is 5.92 Å². The van der Waals surface area contributed by atoms with Crippen LogP contribution in [0, 0.1) is 5.92 Å². The van der Waals surface area contributed by atoms with Gasteiger partial charge < -0.3 is 5.32 Å². The van der Waals surface area contributed by atoms with Crippen molar-refractivity contribution >= 4 is 0 Å². The quantitative estimate of drug-likeness (QED) is 0.699. The van der Waals surface area contributed by atoms with E-state index in [0.29, 0.717) is 5.54 Å². The Morgan fingerprint density at radius 2 is 2.13 bits per heavy atom. The van der Waals surface area contributed by atoms with Crippen molar-refractivity contribution in [3.8, 4) is 0 Å². The lowest BCUT2D eigenvalue weighted by atomic mass is 9.83. The monoisotopic (exact) mass is 208 g/mol. The molecule has 2 nitrogen and oxygen atoms in total. The van der Waals surface area contributed by atoms with E-state index in [1.54, 1.807) is 0 Å². The molecule has 0 bridgehead atoms. The van der Waals surface area contributed by atoms with Gasteiger partial charge in [-0.05, 0) is 51.2 Å². The summed E-state index contributed by atoms with van der Waals surface area (Å²) in [5.41, 5.74) is 0.305. The van der Waals surface area contributed by atoms with Gasteiger partial charge in [-0.1, -0.05) is 13.0 Å². The van der Waals surface area contributed by atoms with Crippen LogP contribution >= 0.6 is 0 Å². The molecule has 0 amide bonds. The maximum Gasteiger partial charge on any atom is 0.0412 e. The Morgan fingerprint density at radius 3 is 2.73 bits per heavy atom. The number of hydrogen-bond donors (Lipinski definition) is 1. The lowest BCUT2D eigenvalue weighted by Crippen LogP contribution is -2.56. The van der Waals surface area contributed by atoms with Gasteiger partial charge in [-0.25, -0.2) is 0 Å². The first-order valence-corrected chi connectivity index (χ1v) is 6.36. The van der Waals surface area contributed by atoms with Crippen LogP contribution in [0.3, 0.4) is 0 Å². The fourth-order valence-corrected chi connectivity index (χ4v) is 3.10. The van der Waals surface area contributed by atoms with Gasteiger partial charge in [-0.15, -0.1) is 6.58 Å². The van der Waals surface area contributed by atoms with Crippen LogP contribution in [0.25, 0.3) is 0 Å². The molecule has 86 valence electrons. The topological polar surface area (TPSA) is 15.3 Å². The molecular formula is C13H24N2. The second-order valence-electron chi connectivity index (χ2n) is 5.25. The predicted molar refractivity (Wildman–Crippen MR) is 65.0 cm³/mol. The molecule has 0 radical (unpaired) electrons. The first kappa shape index (κ1) is 11.2. The average Bonchev–Trinajstić information content (AvgIpc) is 2.30. The van der Waals surface area contributed by atoms with Gasteiger partial charge in [-0.2, -0.15) is 0 Å². The van der Waals surface area contributed by atoms with Crippen molar-refractivity contribution in [1.82, 2.24) is 10.2 Å². The van der Waals surface area contributed by atoms with Gasteiger partial charge in [0.1, 0.15) is 0 Å². The number of hydrogen-bond acceptors (Lipinski definition) is 2. The summed E-state index contributed by atoms with van der Waals surface area (Å²) in [5, 5.41) is 3.45. The molecule has 2 rings (SSSR count). The number of likely N-dealkylation sites (tertiary alicyclic amines) is 1. The first-order valence-electron chi connectivity index (χ1n) is 6.36. The van der Waals surface area contributed by atoms with E-state index in [0.717, 1.165) is 19.0 Å². The smallest absolute Gasteiger partial charge is 0.0412 e. The molecule has 0 aromatic heterocycles. The molecule has 2 aliphatic rings. The van der Waals surface area contributed by atoms with Crippen molar-refractivity contribution in [1.29, 1.82) is 0 Å². The van der Waals surface area contributed by atoms with Gasteiger partial charge in [0, 0.05) is 12.1 Å². The van der Waals surface area contributed by atoms with E-state index in [9.17, 15) is 0 Å². The van der Waals surface area contributed by atoms with E-state index in [1.807, 2.05) is 0 Å². The largest absolute Gasteiger partial charge is 0.317 e. The van der Waals surface area contributed by atoms with E-state index in [-0.39, 0.29) is 0 Å². The Labute approximate surface area is 93.7 Å². The van der Waals surface area contributed by atoms with Gasteiger partial charge in [0.05, 0.1) is 0 Å². The van der Waals surface area contributed by atoms with Gasteiger partial charge in [0.25, 0.3) is 0 Å². The number of piperidine rings is 2. The highest BCUT2D eigenvalue weighted by Gasteiger charge is 2.36. The van der Waals surface area contributed by atoms with Gasteiger partial charge in [0.2, 0.25) is 0 Å². The van der Waals surface area contributed by atoms with E-state index < -0.39 is 0 Å². The summed E-state index contributed by atoms with van der Waals surface area (Å²) in [6, 6.07) is 0. The summed E-state index contributed by atoms with van der Waals surface area (Å²) in [5.74, 6) is 0.866. The third-order valence-electron chi connectivity index (χ3n) is 4.14. The average molecular weight is 208 g/mol. The van der Waals surface area contributed by atoms with Crippen LogP contribution in [0.5, 0.6) is 0 Å². The third-order valence-corrected chi connectivity index (χ3v) is 4.14. The number of rotatable bonds is 2. The molecule has 0 unspecified atom stereocenters. The highest BCUT2D eigenvalue weighted by atomic mass is 15.2. The molecule has 2 saturated heterocycles. The fraction of sp³-hybridized carbons (Fsp3) is 0.846. The Morgan fingerprint density at radius 1 is 1.40 bits per heavy atom. The standard InChI is InChI=1S/C13H24N2/c1-3-13(6-8-14-9-7-13)15-10-4-5-12(2)11-15/h3,12,14H,1,4-11H2,2H3/t12-/m1/s1. The van der Waals surface area contributed by atoms with E-state index in [2.05, 4.69) is 29.8 Å². The van der Waals surface area contributed by atoms with Crippen molar-refractivity contribution in [3.63, 3.8) is 0 Å². The van der Waals surface area contributed by atoms with Crippen molar-refractivity contribution in [3.05, 3.63) is 12.7 Å². The number of nitrogens with one attached hydrogen (secondary N) is 1. The molecule has 1 atom stereocenters. The third kappa shape index (κ3) is 2.26. The highest BCUT2D eigenvalue weighted by Crippen LogP contribution is 2.31. The van der Waals surface area contributed by atoms with Crippen LogP contribution in [-0.4, -0.2) is 36.6 Å². The molecule has 2 heteroatoms. The lowest BCUT2D eigenvalue weighted by Gasteiger charge is -2.48. The molecule has 15 heavy (non-hydrogen) atoms. The molecule has 0 aromatic carbocycles. The van der Waals surface area contributed by atoms with Gasteiger partial charge in [-0.3, -0.25) is 4.90 Å². The summed E-state index contributed by atoms with van der Waals surface area (Å²) < 4.78 is 0. The van der Waals surface area contributed by atoms with Crippen molar-refractivity contribution < 1.29 is 0 Å². The van der Waals surface area contributed by atoms with Crippen LogP contribution in [-0.2, 0) is 0 Å². The molecule has 0 spiro atoms. The summed E-state index contributed by atoms with van der Waals surface area (Å²) in [4.78, 5) is 2.69. The molecule has 0 aliphatic carbocycles. The number of nitrogens with zero attached hydrogens (tertiary/aromatic N) is 1. The van der Waals surface area contributed by atoms with E-state index >= 15 is 0 Å². The first-order chi connectivity index (χ1) is 7.27. The minimum absolute atomic E-state index is 0.305. The van der Waals surface area contributed by atoms with Crippen LogP contribution in [0.2, 0.25) is 0 Å². The highest BCUT2D eigenvalue weighted by molar-refractivity contribution is 5.07. The van der Waals surface area contributed by atoms with E-state index in [4.69, 9.17) is 0 Å². The Hall–Kier alpha value is -0.340. The zero-order chi connectivity index (χ0) is 10.7. The summed E-state index contributed by atoms with van der Waals surface area (Å²) in [7, 11) is 0. The van der Waals surface area contributed by atoms with Gasteiger partial charge in [0.15, 0.2) is 0 Å². The van der Waals surface area contributed by atoms with Gasteiger partial charge >= 0.3 is 0 Å². The normalized spacial score (nSPS) is 32.5. The van der Waals surface area contributed by atoms with Crippen molar-refractivity contribution in [2.45, 2.75) is 38.1 Å². The second kappa shape index (κ2) is 4.67. The molecule has 0 aromatic rings. The molecule has 1 N–H and O–H groups in total. The molecular weight excluding hydrogens is 184 g/mol. The SMILES string of the molecule is C=CC1(N2CCC[C@@H](C)C2)CCNCC1.